The molecule has 0 bridgehead atoms. The molecule has 5 nitrogen and oxygen atoms in total. The Morgan fingerprint density at radius 2 is 2.00 bits per heavy atom. The van der Waals surface area contributed by atoms with E-state index in [0.717, 1.165) is 37.6 Å². The van der Waals surface area contributed by atoms with Crippen LogP contribution in [0.5, 0.6) is 5.75 Å². The highest BCUT2D eigenvalue weighted by atomic mass is 32.1. The zero-order valence-electron chi connectivity index (χ0n) is 15.3. The van der Waals surface area contributed by atoms with E-state index >= 15 is 0 Å². The Labute approximate surface area is 158 Å². The summed E-state index contributed by atoms with van der Waals surface area (Å²) in [6.45, 7) is 5.36. The van der Waals surface area contributed by atoms with Gasteiger partial charge in [-0.3, -0.25) is 9.69 Å². The van der Waals surface area contributed by atoms with Crippen molar-refractivity contribution in [2.24, 2.45) is 0 Å². The van der Waals surface area contributed by atoms with Gasteiger partial charge in [0, 0.05) is 24.0 Å². The highest BCUT2D eigenvalue weighted by Crippen LogP contribution is 2.29. The Hall–Kier alpha value is -1.89. The number of nitrogens with zero attached hydrogens (tertiary/aromatic N) is 1. The Morgan fingerprint density at radius 3 is 2.62 bits per heavy atom. The second kappa shape index (κ2) is 9.16. The molecule has 1 aliphatic heterocycles. The molecule has 0 aliphatic carbocycles. The number of nitrogens with one attached hydrogen (secondary N) is 1. The van der Waals surface area contributed by atoms with Gasteiger partial charge in [-0.15, -0.1) is 11.3 Å². The van der Waals surface area contributed by atoms with Gasteiger partial charge in [-0.2, -0.15) is 0 Å². The molecule has 0 spiro atoms. The fourth-order valence-corrected chi connectivity index (χ4v) is 4.33. The number of rotatable bonds is 7. The van der Waals surface area contributed by atoms with Gasteiger partial charge in [0.05, 0.1) is 32.8 Å². The summed E-state index contributed by atoms with van der Waals surface area (Å²) < 4.78 is 10.7. The summed E-state index contributed by atoms with van der Waals surface area (Å²) in [7, 11) is 1.64. The monoisotopic (exact) mass is 374 g/mol. The molecule has 2 atom stereocenters. The Bertz CT molecular complexity index is 682. The van der Waals surface area contributed by atoms with Crippen LogP contribution in [0.3, 0.4) is 0 Å². The lowest BCUT2D eigenvalue weighted by Gasteiger charge is -2.37. The van der Waals surface area contributed by atoms with Gasteiger partial charge >= 0.3 is 0 Å². The average Bonchev–Trinajstić information content (AvgIpc) is 3.17. The summed E-state index contributed by atoms with van der Waals surface area (Å²) in [5.74, 6) is 0.838. The van der Waals surface area contributed by atoms with Crippen LogP contribution in [-0.2, 0) is 16.0 Å². The van der Waals surface area contributed by atoms with Gasteiger partial charge in [0.1, 0.15) is 5.75 Å². The third-order valence-corrected chi connectivity index (χ3v) is 5.60. The van der Waals surface area contributed by atoms with Crippen molar-refractivity contribution in [3.8, 4) is 5.75 Å². The van der Waals surface area contributed by atoms with Gasteiger partial charge in [-0.25, -0.2) is 0 Å². The molecule has 2 heterocycles. The summed E-state index contributed by atoms with van der Waals surface area (Å²) in [5, 5.41) is 5.29. The second-order valence-electron chi connectivity index (χ2n) is 6.49. The molecule has 2 aromatic rings. The SMILES string of the molecule is COc1ccc(CC(=O)N[C@@H](C)[C@@H](c2cccs2)N2CCOCC2)cc1. The molecule has 3 rings (SSSR count). The molecule has 1 saturated heterocycles. The topological polar surface area (TPSA) is 50.8 Å². The number of ether oxygens (including phenoxy) is 2. The zero-order chi connectivity index (χ0) is 18.4. The van der Waals surface area contributed by atoms with E-state index in [1.807, 2.05) is 24.3 Å². The normalized spacial score (nSPS) is 17.5. The van der Waals surface area contributed by atoms with Gasteiger partial charge < -0.3 is 14.8 Å². The van der Waals surface area contributed by atoms with E-state index in [2.05, 4.69) is 34.7 Å². The number of thiophene rings is 1. The van der Waals surface area contributed by atoms with E-state index in [0.29, 0.717) is 6.42 Å². The largest absolute Gasteiger partial charge is 0.497 e. The molecule has 26 heavy (non-hydrogen) atoms. The summed E-state index contributed by atoms with van der Waals surface area (Å²) in [6.07, 6.45) is 0.370. The first kappa shape index (κ1) is 18.9. The first-order valence-corrected chi connectivity index (χ1v) is 9.83. The predicted molar refractivity (Wildman–Crippen MR) is 104 cm³/mol. The molecule has 1 aromatic carbocycles. The van der Waals surface area contributed by atoms with Gasteiger partial charge in [0.25, 0.3) is 0 Å². The molecule has 1 fully saturated rings. The minimum atomic E-state index is 0.0255. The fraction of sp³-hybridized carbons (Fsp3) is 0.450. The van der Waals surface area contributed by atoms with Gasteiger partial charge in [-0.1, -0.05) is 18.2 Å². The van der Waals surface area contributed by atoms with Crippen molar-refractivity contribution in [2.45, 2.75) is 25.4 Å². The van der Waals surface area contributed by atoms with Crippen molar-refractivity contribution in [2.75, 3.05) is 33.4 Å². The first-order valence-electron chi connectivity index (χ1n) is 8.95. The molecule has 140 valence electrons. The molecule has 0 unspecified atom stereocenters. The number of carbonyl (C=O) groups is 1. The molecule has 6 heteroatoms. The van der Waals surface area contributed by atoms with Crippen molar-refractivity contribution in [1.29, 1.82) is 0 Å². The van der Waals surface area contributed by atoms with E-state index in [4.69, 9.17) is 9.47 Å². The Kier molecular flexibility index (Phi) is 6.66. The smallest absolute Gasteiger partial charge is 0.224 e. The summed E-state index contributed by atoms with van der Waals surface area (Å²) >= 11 is 1.74. The maximum Gasteiger partial charge on any atom is 0.224 e. The fourth-order valence-electron chi connectivity index (χ4n) is 3.37. The van der Waals surface area contributed by atoms with E-state index in [1.54, 1.807) is 18.4 Å². The summed E-state index contributed by atoms with van der Waals surface area (Å²) in [4.78, 5) is 16.2. The number of methoxy groups -OCH3 is 1. The quantitative estimate of drug-likeness (QED) is 0.810. The number of carbonyl (C=O) groups excluding carboxylic acids is 1. The van der Waals surface area contributed by atoms with Crippen LogP contribution in [0.25, 0.3) is 0 Å². The lowest BCUT2D eigenvalue weighted by molar-refractivity contribution is -0.121. The molecule has 1 aliphatic rings. The molecule has 0 saturated carbocycles. The van der Waals surface area contributed by atoms with E-state index in [-0.39, 0.29) is 18.0 Å². The zero-order valence-corrected chi connectivity index (χ0v) is 16.1. The van der Waals surface area contributed by atoms with Crippen molar-refractivity contribution in [3.05, 3.63) is 52.2 Å². The van der Waals surface area contributed by atoms with Gasteiger partial charge in [0.2, 0.25) is 5.91 Å². The highest BCUT2D eigenvalue weighted by molar-refractivity contribution is 7.10. The van der Waals surface area contributed by atoms with E-state index < -0.39 is 0 Å². The first-order chi connectivity index (χ1) is 12.7. The number of benzene rings is 1. The standard InChI is InChI=1S/C20H26N2O3S/c1-15(21-19(23)14-16-5-7-17(24-2)8-6-16)20(18-4-3-13-26-18)22-9-11-25-12-10-22/h3-8,13,15,20H,9-12,14H2,1-2H3,(H,21,23)/t15-,20-/m0/s1. The lowest BCUT2D eigenvalue weighted by atomic mass is 10.0. The maximum absolute atomic E-state index is 12.6. The summed E-state index contributed by atoms with van der Waals surface area (Å²) in [5.41, 5.74) is 0.981. The molecule has 1 aromatic heterocycles. The lowest BCUT2D eigenvalue weighted by Crippen LogP contribution is -2.48. The molecular formula is C20H26N2O3S. The van der Waals surface area contributed by atoms with E-state index in [9.17, 15) is 4.79 Å². The minimum Gasteiger partial charge on any atom is -0.497 e. The van der Waals surface area contributed by atoms with Crippen molar-refractivity contribution in [1.82, 2.24) is 10.2 Å². The maximum atomic E-state index is 12.6. The number of amides is 1. The van der Waals surface area contributed by atoms with Gasteiger partial charge in [0.15, 0.2) is 0 Å². The van der Waals surface area contributed by atoms with Crippen molar-refractivity contribution < 1.29 is 14.3 Å². The number of hydrogen-bond acceptors (Lipinski definition) is 5. The third kappa shape index (κ3) is 4.84. The van der Waals surface area contributed by atoms with Crippen molar-refractivity contribution >= 4 is 17.2 Å². The van der Waals surface area contributed by atoms with Crippen LogP contribution in [0.2, 0.25) is 0 Å². The summed E-state index contributed by atoms with van der Waals surface area (Å²) in [6, 6.07) is 12.1. The number of hydrogen-bond donors (Lipinski definition) is 1. The molecule has 1 N–H and O–H groups in total. The van der Waals surface area contributed by atoms with Crippen molar-refractivity contribution in [3.63, 3.8) is 0 Å². The van der Waals surface area contributed by atoms with Crippen LogP contribution in [0.4, 0.5) is 0 Å². The highest BCUT2D eigenvalue weighted by Gasteiger charge is 2.29. The second-order valence-corrected chi connectivity index (χ2v) is 7.47. The van der Waals surface area contributed by atoms with E-state index in [1.165, 1.54) is 4.88 Å². The van der Waals surface area contributed by atoms with Gasteiger partial charge in [-0.05, 0) is 36.1 Å². The molecule has 1 amide bonds. The van der Waals surface area contributed by atoms with Crippen LogP contribution < -0.4 is 10.1 Å². The Balaban J connectivity index is 1.64. The van der Waals surface area contributed by atoms with Crippen LogP contribution >= 0.6 is 11.3 Å². The van der Waals surface area contributed by atoms with Crippen LogP contribution in [-0.4, -0.2) is 50.3 Å². The van der Waals surface area contributed by atoms with Crippen LogP contribution in [0.15, 0.2) is 41.8 Å². The Morgan fingerprint density at radius 1 is 1.27 bits per heavy atom. The molecular weight excluding hydrogens is 348 g/mol. The molecule has 0 radical (unpaired) electrons. The van der Waals surface area contributed by atoms with Crippen LogP contribution in [0.1, 0.15) is 23.4 Å². The predicted octanol–water partition coefficient (Wildman–Crippen LogP) is 2.88. The van der Waals surface area contributed by atoms with Crippen LogP contribution in [0, 0.1) is 0 Å². The average molecular weight is 375 g/mol. The number of morpholine rings is 1. The third-order valence-electron chi connectivity index (χ3n) is 4.66. The minimum absolute atomic E-state index is 0.0255.